The maximum Gasteiger partial charge on any atom is 0.344 e. The van der Waals surface area contributed by atoms with E-state index in [0.717, 1.165) is 12.8 Å². The summed E-state index contributed by atoms with van der Waals surface area (Å²) in [7, 11) is -3.63. The summed E-state index contributed by atoms with van der Waals surface area (Å²) >= 11 is 0. The molecule has 5 N–H and O–H groups in total. The lowest BCUT2D eigenvalue weighted by Gasteiger charge is -2.18. The average molecular weight is 210 g/mol. The lowest BCUT2D eigenvalue weighted by atomic mass is 10.2. The van der Waals surface area contributed by atoms with E-state index in [-0.39, 0.29) is 13.2 Å². The van der Waals surface area contributed by atoms with E-state index in [9.17, 15) is 9.46 Å². The van der Waals surface area contributed by atoms with Crippen LogP contribution in [0.4, 0.5) is 0 Å². The summed E-state index contributed by atoms with van der Waals surface area (Å²) in [6.45, 7) is 2.30. The van der Waals surface area contributed by atoms with E-state index >= 15 is 0 Å². The molecule has 13 heavy (non-hydrogen) atoms. The first kappa shape index (κ1) is 13.1. The van der Waals surface area contributed by atoms with E-state index < -0.39 is 13.4 Å². The molecular weight excluding hydrogens is 191 g/mol. The zero-order valence-corrected chi connectivity index (χ0v) is 8.87. The maximum atomic E-state index is 11.3. The second kappa shape index (κ2) is 6.51. The lowest BCUT2D eigenvalue weighted by Crippen LogP contribution is -2.22. The van der Waals surface area contributed by atoms with Crippen molar-refractivity contribution in [2.75, 3.05) is 13.2 Å². The van der Waals surface area contributed by atoms with Crippen molar-refractivity contribution in [3.63, 3.8) is 0 Å². The van der Waals surface area contributed by atoms with Gasteiger partial charge in [0, 0.05) is 6.54 Å². The first-order valence-corrected chi connectivity index (χ1v) is 6.12. The van der Waals surface area contributed by atoms with Crippen LogP contribution in [0.3, 0.4) is 0 Å². The van der Waals surface area contributed by atoms with Crippen LogP contribution in [-0.2, 0) is 9.09 Å². The van der Waals surface area contributed by atoms with Gasteiger partial charge in [0.2, 0.25) is 0 Å². The Kier molecular flexibility index (Phi) is 6.55. The third-order valence-corrected chi connectivity index (χ3v) is 3.32. The molecule has 0 saturated heterocycles. The summed E-state index contributed by atoms with van der Waals surface area (Å²) in [5.41, 5.74) is 10.6. The molecular formula is C7H19N2O3P. The smallest absolute Gasteiger partial charge is 0.328 e. The highest BCUT2D eigenvalue weighted by Crippen LogP contribution is 2.46. The van der Waals surface area contributed by atoms with Gasteiger partial charge in [-0.25, -0.2) is 0 Å². The Morgan fingerprint density at radius 3 is 2.69 bits per heavy atom. The van der Waals surface area contributed by atoms with Crippen molar-refractivity contribution in [2.24, 2.45) is 11.5 Å². The van der Waals surface area contributed by atoms with Gasteiger partial charge < -0.3 is 20.9 Å². The molecule has 0 aliphatic rings. The van der Waals surface area contributed by atoms with Crippen molar-refractivity contribution in [1.82, 2.24) is 0 Å². The van der Waals surface area contributed by atoms with Gasteiger partial charge in [-0.05, 0) is 6.42 Å². The highest BCUT2D eigenvalue weighted by molar-refractivity contribution is 7.53. The SMILES string of the molecule is CCCCC(N)P(=O)(O)OCCN. The maximum absolute atomic E-state index is 11.3. The minimum absolute atomic E-state index is 0.0770. The van der Waals surface area contributed by atoms with Crippen molar-refractivity contribution in [2.45, 2.75) is 32.0 Å². The van der Waals surface area contributed by atoms with Crippen LogP contribution in [0.25, 0.3) is 0 Å². The van der Waals surface area contributed by atoms with E-state index in [1.807, 2.05) is 6.92 Å². The molecule has 0 aromatic rings. The van der Waals surface area contributed by atoms with Gasteiger partial charge in [-0.1, -0.05) is 19.8 Å². The van der Waals surface area contributed by atoms with Gasteiger partial charge in [0.25, 0.3) is 0 Å². The second-order valence-electron chi connectivity index (χ2n) is 2.90. The van der Waals surface area contributed by atoms with E-state index in [2.05, 4.69) is 0 Å². The van der Waals surface area contributed by atoms with Gasteiger partial charge in [-0.2, -0.15) is 0 Å². The molecule has 5 nitrogen and oxygen atoms in total. The predicted octanol–water partition coefficient (Wildman–Crippen LogP) is 0.622. The number of hydrogen-bond donors (Lipinski definition) is 3. The van der Waals surface area contributed by atoms with Crippen LogP contribution in [0, 0.1) is 0 Å². The van der Waals surface area contributed by atoms with Crippen molar-refractivity contribution in [3.05, 3.63) is 0 Å². The molecule has 0 radical (unpaired) electrons. The molecule has 0 bridgehead atoms. The summed E-state index contributed by atoms with van der Waals surface area (Å²) in [6, 6.07) is 0. The van der Waals surface area contributed by atoms with E-state index in [1.165, 1.54) is 0 Å². The van der Waals surface area contributed by atoms with Crippen LogP contribution in [-0.4, -0.2) is 23.8 Å². The molecule has 6 heteroatoms. The fourth-order valence-electron chi connectivity index (χ4n) is 0.856. The molecule has 0 aromatic carbocycles. The Labute approximate surface area is 79.0 Å². The highest BCUT2D eigenvalue weighted by Gasteiger charge is 2.27. The Bertz CT molecular complexity index is 177. The van der Waals surface area contributed by atoms with E-state index in [4.69, 9.17) is 16.0 Å². The molecule has 0 fully saturated rings. The second-order valence-corrected chi connectivity index (χ2v) is 4.95. The molecule has 0 spiro atoms. The molecule has 2 atom stereocenters. The van der Waals surface area contributed by atoms with Gasteiger partial charge in [-0.3, -0.25) is 4.57 Å². The number of hydrogen-bond acceptors (Lipinski definition) is 4. The third-order valence-electron chi connectivity index (χ3n) is 1.67. The van der Waals surface area contributed by atoms with Crippen LogP contribution in [0.15, 0.2) is 0 Å². The largest absolute Gasteiger partial charge is 0.344 e. The molecule has 2 unspecified atom stereocenters. The first-order valence-electron chi connectivity index (χ1n) is 4.47. The molecule has 0 saturated carbocycles. The van der Waals surface area contributed by atoms with E-state index in [0.29, 0.717) is 6.42 Å². The minimum atomic E-state index is -3.63. The van der Waals surface area contributed by atoms with Crippen LogP contribution in [0.1, 0.15) is 26.2 Å². The Morgan fingerprint density at radius 2 is 2.23 bits per heavy atom. The van der Waals surface area contributed by atoms with Gasteiger partial charge in [0.05, 0.1) is 6.61 Å². The average Bonchev–Trinajstić information content (AvgIpc) is 2.10. The highest BCUT2D eigenvalue weighted by atomic mass is 31.2. The van der Waals surface area contributed by atoms with Crippen LogP contribution < -0.4 is 11.5 Å². The topological polar surface area (TPSA) is 98.6 Å². The zero-order valence-electron chi connectivity index (χ0n) is 7.98. The number of nitrogens with two attached hydrogens (primary N) is 2. The van der Waals surface area contributed by atoms with Crippen LogP contribution in [0.2, 0.25) is 0 Å². The van der Waals surface area contributed by atoms with Gasteiger partial charge >= 0.3 is 7.60 Å². The first-order chi connectivity index (χ1) is 6.04. The molecule has 0 amide bonds. The summed E-state index contributed by atoms with van der Waals surface area (Å²) in [5, 5.41) is 0. The molecule has 0 aliphatic heterocycles. The molecule has 0 aliphatic carbocycles. The van der Waals surface area contributed by atoms with Gasteiger partial charge in [0.1, 0.15) is 5.78 Å². The molecule has 0 aromatic heterocycles. The predicted molar refractivity (Wildman–Crippen MR) is 52.3 cm³/mol. The van der Waals surface area contributed by atoms with Crippen LogP contribution in [0.5, 0.6) is 0 Å². The van der Waals surface area contributed by atoms with E-state index in [1.54, 1.807) is 0 Å². The Morgan fingerprint density at radius 1 is 1.62 bits per heavy atom. The lowest BCUT2D eigenvalue weighted by molar-refractivity contribution is 0.256. The Hall–Kier alpha value is 0.0700. The number of rotatable bonds is 7. The zero-order chi connectivity index (χ0) is 10.3. The minimum Gasteiger partial charge on any atom is -0.328 e. The number of unbranched alkanes of at least 4 members (excludes halogenated alkanes) is 1. The molecule has 0 heterocycles. The summed E-state index contributed by atoms with van der Waals surface area (Å²) in [5.74, 6) is -0.779. The van der Waals surface area contributed by atoms with Crippen LogP contribution >= 0.6 is 7.60 Å². The quantitative estimate of drug-likeness (QED) is 0.535. The third kappa shape index (κ3) is 5.39. The Balaban J connectivity index is 3.88. The molecule has 0 rings (SSSR count). The van der Waals surface area contributed by atoms with Crippen molar-refractivity contribution in [1.29, 1.82) is 0 Å². The van der Waals surface area contributed by atoms with Gasteiger partial charge in [0.15, 0.2) is 0 Å². The fraction of sp³-hybridized carbons (Fsp3) is 1.00. The summed E-state index contributed by atoms with van der Waals surface area (Å²) in [4.78, 5) is 9.29. The van der Waals surface area contributed by atoms with Crippen molar-refractivity contribution in [3.8, 4) is 0 Å². The van der Waals surface area contributed by atoms with Crippen molar-refractivity contribution >= 4 is 7.60 Å². The normalized spacial score (nSPS) is 18.2. The fourth-order valence-corrected chi connectivity index (χ4v) is 1.92. The van der Waals surface area contributed by atoms with Gasteiger partial charge in [-0.15, -0.1) is 0 Å². The molecule has 80 valence electrons. The standard InChI is InChI=1S/C7H19N2O3P/c1-2-3-4-7(9)13(10,11)12-6-5-8/h7H,2-6,8-9H2,1H3,(H,10,11). The summed E-state index contributed by atoms with van der Waals surface area (Å²) in [6.07, 6.45) is 2.29. The summed E-state index contributed by atoms with van der Waals surface area (Å²) < 4.78 is 16.0. The monoisotopic (exact) mass is 210 g/mol. The van der Waals surface area contributed by atoms with Crippen molar-refractivity contribution < 1.29 is 14.0 Å².